The Hall–Kier alpha value is -1.36. The van der Waals surface area contributed by atoms with E-state index in [1.54, 1.807) is 18.3 Å². The molecule has 0 unspecified atom stereocenters. The molecule has 1 aromatic rings. The second-order valence-corrected chi connectivity index (χ2v) is 1.35. The van der Waals surface area contributed by atoms with Gasteiger partial charge in [-0.25, -0.2) is 0 Å². The van der Waals surface area contributed by atoms with Crippen molar-refractivity contribution in [1.82, 2.24) is 4.98 Å². The smallest absolute Gasteiger partial charge is 0.101 e. The van der Waals surface area contributed by atoms with Crippen LogP contribution in [0.5, 0.6) is 0 Å². The quantitative estimate of drug-likeness (QED) is 0.492. The van der Waals surface area contributed by atoms with Gasteiger partial charge in [-0.05, 0) is 12.1 Å². The van der Waals surface area contributed by atoms with Crippen molar-refractivity contribution in [1.29, 1.82) is 5.26 Å². The van der Waals surface area contributed by atoms with Crippen LogP contribution in [0.1, 0.15) is 5.56 Å². The molecule has 0 aliphatic carbocycles. The molecule has 2 heteroatoms. The number of nitriles is 1. The summed E-state index contributed by atoms with van der Waals surface area (Å²) < 4.78 is 0. The summed E-state index contributed by atoms with van der Waals surface area (Å²) >= 11 is 0. The molecule has 0 N–H and O–H groups in total. The van der Waals surface area contributed by atoms with Crippen LogP contribution in [0.25, 0.3) is 0 Å². The Morgan fingerprint density at radius 1 is 1.62 bits per heavy atom. The zero-order chi connectivity index (χ0) is 5.82. The van der Waals surface area contributed by atoms with Gasteiger partial charge in [-0.3, -0.25) is 4.98 Å². The molecular formula is C6H4N2. The highest BCUT2D eigenvalue weighted by atomic mass is 15.4. The monoisotopic (exact) mass is 105 g/mol. The van der Waals surface area contributed by atoms with Crippen LogP contribution in [0.3, 0.4) is 0 Å². The minimum atomic E-state index is 0.604. The predicted octanol–water partition coefficient (Wildman–Crippen LogP) is 0.953. The van der Waals surface area contributed by atoms with Crippen LogP contribution in [0.4, 0.5) is 0 Å². The summed E-state index contributed by atoms with van der Waals surface area (Å²) in [5, 5.41) is 8.25. The largest absolute Gasteiger partial charge is 0.263 e. The van der Waals surface area contributed by atoms with E-state index in [0.717, 1.165) is 0 Å². The van der Waals surface area contributed by atoms with Gasteiger partial charge in [-0.15, -0.1) is 0 Å². The maximum Gasteiger partial charge on any atom is 0.101 e. The summed E-state index contributed by atoms with van der Waals surface area (Å²) in [6.07, 6.45) is 3.17. The maximum atomic E-state index is 8.25. The third kappa shape index (κ3) is 0.824. The molecular weight excluding hydrogens is 101 g/mol. The van der Waals surface area contributed by atoms with Gasteiger partial charge < -0.3 is 0 Å². The van der Waals surface area contributed by atoms with Crippen molar-refractivity contribution in [3.63, 3.8) is 0 Å². The SMILES string of the molecule is N#Cc1ccc[15n]c1. The highest BCUT2D eigenvalue weighted by Crippen LogP contribution is 1.89. The van der Waals surface area contributed by atoms with Crippen LogP contribution >= 0.6 is 0 Å². The Balaban J connectivity index is 3.05. The Morgan fingerprint density at radius 3 is 2.88 bits per heavy atom. The Kier molecular flexibility index (Phi) is 1.25. The molecule has 0 amide bonds. The normalized spacial score (nSPS) is 7.88. The van der Waals surface area contributed by atoms with Crippen molar-refractivity contribution in [3.05, 3.63) is 30.1 Å². The van der Waals surface area contributed by atoms with Gasteiger partial charge >= 0.3 is 0 Å². The minimum absolute atomic E-state index is 0.604. The fraction of sp³-hybridized carbons (Fsp3) is 0. The highest BCUT2D eigenvalue weighted by Gasteiger charge is 1.80. The first-order chi connectivity index (χ1) is 3.93. The van der Waals surface area contributed by atoms with Gasteiger partial charge in [-0.1, -0.05) is 0 Å². The lowest BCUT2D eigenvalue weighted by molar-refractivity contribution is 1.30. The molecule has 1 heterocycles. The fourth-order valence-electron chi connectivity index (χ4n) is 0.429. The second-order valence-electron chi connectivity index (χ2n) is 1.35. The Labute approximate surface area is 47.4 Å². The third-order valence-corrected chi connectivity index (χ3v) is 0.791. The number of hydrogen-bond acceptors (Lipinski definition) is 2. The van der Waals surface area contributed by atoms with Crippen molar-refractivity contribution < 1.29 is 0 Å². The molecule has 0 saturated heterocycles. The van der Waals surface area contributed by atoms with E-state index in [1.165, 1.54) is 6.20 Å². The van der Waals surface area contributed by atoms with Crippen molar-refractivity contribution >= 4 is 0 Å². The molecule has 0 fully saturated rings. The van der Waals surface area contributed by atoms with Crippen LogP contribution < -0.4 is 0 Å². The summed E-state index contributed by atoms with van der Waals surface area (Å²) in [6, 6.07) is 5.41. The summed E-state index contributed by atoms with van der Waals surface area (Å²) in [5.41, 5.74) is 0.604. The maximum absolute atomic E-state index is 8.25. The van der Waals surface area contributed by atoms with Crippen LogP contribution in [-0.2, 0) is 0 Å². The first kappa shape index (κ1) is 4.79. The number of aromatic nitrogens is 1. The standard InChI is InChI=1S/C6H4N2/c7-4-6-2-1-3-8-5-6/h1-3,5H/i8+1. The molecule has 0 atom stereocenters. The van der Waals surface area contributed by atoms with E-state index in [-0.39, 0.29) is 0 Å². The summed E-state index contributed by atoms with van der Waals surface area (Å²) in [7, 11) is 0. The Morgan fingerprint density at radius 2 is 2.50 bits per heavy atom. The van der Waals surface area contributed by atoms with E-state index >= 15 is 0 Å². The molecule has 0 aromatic carbocycles. The molecule has 0 aliphatic rings. The van der Waals surface area contributed by atoms with E-state index in [0.29, 0.717) is 5.56 Å². The van der Waals surface area contributed by atoms with Crippen molar-refractivity contribution in [3.8, 4) is 6.07 Å². The summed E-state index contributed by atoms with van der Waals surface area (Å²) in [4.78, 5) is 3.73. The minimum Gasteiger partial charge on any atom is -0.263 e. The first-order valence-electron chi connectivity index (χ1n) is 2.23. The van der Waals surface area contributed by atoms with Crippen molar-refractivity contribution in [2.75, 3.05) is 0 Å². The molecule has 0 bridgehead atoms. The fourth-order valence-corrected chi connectivity index (χ4v) is 0.429. The number of rotatable bonds is 0. The van der Waals surface area contributed by atoms with E-state index in [4.69, 9.17) is 5.26 Å². The molecule has 0 radical (unpaired) electrons. The first-order valence-corrected chi connectivity index (χ1v) is 2.23. The third-order valence-electron chi connectivity index (χ3n) is 0.791. The van der Waals surface area contributed by atoms with Crippen molar-refractivity contribution in [2.45, 2.75) is 0 Å². The number of hydrogen-bond donors (Lipinski definition) is 0. The van der Waals surface area contributed by atoms with Crippen LogP contribution in [0, 0.1) is 11.3 Å². The van der Waals surface area contributed by atoms with Crippen LogP contribution in [0.2, 0.25) is 0 Å². The average molecular weight is 105 g/mol. The molecule has 2 nitrogen and oxygen atoms in total. The van der Waals surface area contributed by atoms with E-state index in [9.17, 15) is 0 Å². The van der Waals surface area contributed by atoms with Gasteiger partial charge in [0.2, 0.25) is 0 Å². The lowest BCUT2D eigenvalue weighted by atomic mass is 10.3. The van der Waals surface area contributed by atoms with E-state index < -0.39 is 0 Å². The van der Waals surface area contributed by atoms with Crippen LogP contribution in [0.15, 0.2) is 24.5 Å². The molecule has 0 spiro atoms. The van der Waals surface area contributed by atoms with Gasteiger partial charge in [0, 0.05) is 12.4 Å². The molecule has 1 rings (SSSR count). The van der Waals surface area contributed by atoms with E-state index in [2.05, 4.69) is 4.98 Å². The molecule has 1 aromatic heterocycles. The summed E-state index contributed by atoms with van der Waals surface area (Å²) in [5.74, 6) is 0. The van der Waals surface area contributed by atoms with Gasteiger partial charge in [0.15, 0.2) is 0 Å². The lowest BCUT2D eigenvalue weighted by Gasteiger charge is -1.79. The predicted molar refractivity (Wildman–Crippen MR) is 29.0 cm³/mol. The van der Waals surface area contributed by atoms with Gasteiger partial charge in [0.05, 0.1) is 5.56 Å². The molecule has 0 aliphatic heterocycles. The molecule has 38 valence electrons. The number of nitrogens with zero attached hydrogens (tertiary/aromatic N) is 2. The zero-order valence-corrected chi connectivity index (χ0v) is 4.20. The Bertz CT molecular complexity index is 198. The second kappa shape index (κ2) is 2.08. The lowest BCUT2D eigenvalue weighted by Crippen LogP contribution is -1.72. The van der Waals surface area contributed by atoms with Gasteiger partial charge in [-0.2, -0.15) is 5.26 Å². The highest BCUT2D eigenvalue weighted by molar-refractivity contribution is 5.23. The van der Waals surface area contributed by atoms with Gasteiger partial charge in [0.25, 0.3) is 0 Å². The van der Waals surface area contributed by atoms with E-state index in [1.807, 2.05) is 6.07 Å². The van der Waals surface area contributed by atoms with Gasteiger partial charge in [0.1, 0.15) is 6.07 Å². The summed E-state index contributed by atoms with van der Waals surface area (Å²) in [6.45, 7) is 0. The average Bonchev–Trinajstić information content (AvgIpc) is 1.90. The van der Waals surface area contributed by atoms with Crippen LogP contribution in [-0.4, -0.2) is 4.98 Å². The number of pyridine rings is 1. The molecule has 8 heavy (non-hydrogen) atoms. The zero-order valence-electron chi connectivity index (χ0n) is 4.20. The topological polar surface area (TPSA) is 36.7 Å². The van der Waals surface area contributed by atoms with Crippen molar-refractivity contribution in [2.24, 2.45) is 0 Å². The molecule has 0 saturated carbocycles.